The fourth-order valence-electron chi connectivity index (χ4n) is 6.97. The van der Waals surface area contributed by atoms with E-state index in [0.29, 0.717) is 19.0 Å². The molecule has 3 saturated heterocycles. The van der Waals surface area contributed by atoms with Crippen LogP contribution in [0.4, 0.5) is 27.8 Å². The molecule has 0 saturated carbocycles. The summed E-state index contributed by atoms with van der Waals surface area (Å²) in [6.07, 6.45) is 0.354. The molecular formula is C31H32F5N5O3. The van der Waals surface area contributed by atoms with Crippen molar-refractivity contribution in [2.24, 2.45) is 0 Å². The number of amides is 1. The van der Waals surface area contributed by atoms with Gasteiger partial charge >= 0.3 is 12.2 Å². The van der Waals surface area contributed by atoms with Gasteiger partial charge in [0.25, 0.3) is 0 Å². The minimum absolute atomic E-state index is 0.0243. The Morgan fingerprint density at radius 1 is 1.18 bits per heavy atom. The van der Waals surface area contributed by atoms with Crippen LogP contribution >= 0.6 is 0 Å². The van der Waals surface area contributed by atoms with Gasteiger partial charge in [-0.3, -0.25) is 9.69 Å². The molecule has 0 aliphatic carbocycles. The van der Waals surface area contributed by atoms with Crippen LogP contribution in [0.3, 0.4) is 0 Å². The first-order valence-electron chi connectivity index (χ1n) is 14.5. The second-order valence-electron chi connectivity index (χ2n) is 11.7. The number of anilines is 1. The number of hydrogen-bond donors (Lipinski definition) is 1. The summed E-state index contributed by atoms with van der Waals surface area (Å²) in [5.41, 5.74) is -4.29. The van der Waals surface area contributed by atoms with Gasteiger partial charge in [-0.2, -0.15) is 23.1 Å². The topological polar surface area (TPSA) is 82.0 Å². The van der Waals surface area contributed by atoms with Crippen LogP contribution < -0.4 is 9.64 Å². The maximum Gasteiger partial charge on any atom is 0.417 e. The number of nitrogens with zero attached hydrogens (tertiary/aromatic N) is 5. The molecule has 0 radical (unpaired) electrons. The Hall–Kier alpha value is -4.00. The van der Waals surface area contributed by atoms with Crippen LogP contribution in [0.1, 0.15) is 37.7 Å². The monoisotopic (exact) mass is 617 g/mol. The molecule has 3 aliphatic rings. The maximum absolute atomic E-state index is 16.5. The Balaban J connectivity index is 1.52. The van der Waals surface area contributed by atoms with Crippen LogP contribution in [0.5, 0.6) is 11.8 Å². The number of halogens is 5. The van der Waals surface area contributed by atoms with Gasteiger partial charge < -0.3 is 19.6 Å². The number of phenols is 1. The van der Waals surface area contributed by atoms with Crippen LogP contribution in [-0.4, -0.2) is 82.2 Å². The third kappa shape index (κ3) is 5.10. The van der Waals surface area contributed by atoms with E-state index in [1.165, 1.54) is 6.08 Å². The summed E-state index contributed by atoms with van der Waals surface area (Å²) in [7, 11) is 1.61. The van der Waals surface area contributed by atoms with Gasteiger partial charge in [0.05, 0.1) is 16.7 Å². The lowest BCUT2D eigenvalue weighted by Crippen LogP contribution is -2.43. The first-order chi connectivity index (χ1) is 20.9. The Morgan fingerprint density at radius 2 is 1.91 bits per heavy atom. The lowest BCUT2D eigenvalue weighted by atomic mass is 9.94. The van der Waals surface area contributed by atoms with E-state index in [9.17, 15) is 27.5 Å². The molecule has 0 bridgehead atoms. The van der Waals surface area contributed by atoms with Crippen molar-refractivity contribution in [3.05, 3.63) is 54.1 Å². The molecule has 1 atom stereocenters. The van der Waals surface area contributed by atoms with Crippen molar-refractivity contribution in [1.29, 1.82) is 0 Å². The molecule has 1 amide bonds. The van der Waals surface area contributed by atoms with Crippen molar-refractivity contribution in [2.45, 2.75) is 49.9 Å². The number of likely N-dealkylation sites (N-methyl/N-ethyl adjacent to an activating group) is 1. The fourth-order valence-corrected chi connectivity index (χ4v) is 6.97. The lowest BCUT2D eigenvalue weighted by molar-refractivity contribution is -0.137. The van der Waals surface area contributed by atoms with Gasteiger partial charge in [0.2, 0.25) is 5.91 Å². The highest BCUT2D eigenvalue weighted by atomic mass is 19.4. The minimum Gasteiger partial charge on any atom is -0.507 e. The van der Waals surface area contributed by atoms with Gasteiger partial charge in [-0.05, 0) is 69.5 Å². The van der Waals surface area contributed by atoms with Crippen molar-refractivity contribution in [1.82, 2.24) is 19.8 Å². The summed E-state index contributed by atoms with van der Waals surface area (Å²) < 4.78 is 81.0. The average molecular weight is 618 g/mol. The molecule has 44 heavy (non-hydrogen) atoms. The predicted molar refractivity (Wildman–Crippen MR) is 153 cm³/mol. The Labute approximate surface area is 250 Å². The largest absolute Gasteiger partial charge is 0.507 e. The molecule has 3 aromatic rings. The summed E-state index contributed by atoms with van der Waals surface area (Å²) in [5.74, 6) is -3.85. The third-order valence-corrected chi connectivity index (χ3v) is 9.25. The van der Waals surface area contributed by atoms with E-state index in [1.807, 2.05) is 0 Å². The molecule has 234 valence electrons. The molecule has 2 aromatic carbocycles. The highest BCUT2D eigenvalue weighted by molar-refractivity contribution is 5.96. The van der Waals surface area contributed by atoms with E-state index in [4.69, 9.17) is 4.74 Å². The van der Waals surface area contributed by atoms with Crippen LogP contribution in [0.2, 0.25) is 0 Å². The van der Waals surface area contributed by atoms with Crippen molar-refractivity contribution in [3.8, 4) is 22.9 Å². The summed E-state index contributed by atoms with van der Waals surface area (Å²) in [6.45, 7) is 6.23. The molecule has 8 nitrogen and oxygen atoms in total. The maximum atomic E-state index is 16.5. The number of fused-ring (bicyclic) bond motifs is 2. The highest BCUT2D eigenvalue weighted by Gasteiger charge is 2.45. The molecule has 1 aromatic heterocycles. The molecule has 1 unspecified atom stereocenters. The SMILES string of the molecule is C=CC(=O)N1CCC(N(C)c2nc(OCC34CCCN3CCC4)nc3c(F)c(-c4c(O)cccc4F)c(C(F)(F)F)cc23)C1. The molecule has 0 spiro atoms. The van der Waals surface area contributed by atoms with Gasteiger partial charge in [0.15, 0.2) is 5.82 Å². The number of alkyl halides is 3. The number of aromatic hydroxyl groups is 1. The van der Waals surface area contributed by atoms with E-state index >= 15 is 4.39 Å². The Morgan fingerprint density at radius 3 is 2.57 bits per heavy atom. The predicted octanol–water partition coefficient (Wildman–Crippen LogP) is 5.53. The Kier molecular flexibility index (Phi) is 7.63. The first-order valence-corrected chi connectivity index (χ1v) is 14.5. The van der Waals surface area contributed by atoms with Gasteiger partial charge in [-0.15, -0.1) is 0 Å². The summed E-state index contributed by atoms with van der Waals surface area (Å²) in [5, 5.41) is 10.1. The van der Waals surface area contributed by atoms with E-state index in [1.54, 1.807) is 16.8 Å². The van der Waals surface area contributed by atoms with Crippen molar-refractivity contribution >= 4 is 22.6 Å². The quantitative estimate of drug-likeness (QED) is 0.276. The number of phenolic OH excluding ortho intramolecular Hbond substituents is 1. The molecule has 13 heteroatoms. The molecule has 3 fully saturated rings. The average Bonchev–Trinajstić information content (AvgIpc) is 3.72. The number of hydrogen-bond acceptors (Lipinski definition) is 7. The third-order valence-electron chi connectivity index (χ3n) is 9.25. The zero-order chi connectivity index (χ0) is 31.4. The molecular weight excluding hydrogens is 585 g/mol. The number of aromatic nitrogens is 2. The standard InChI is InChI=1S/C31H32F5N5O3/c1-3-23(43)40-14-9-18(16-40)39(2)28-19-15-20(31(34,35)36)24(25-21(32)7-4-8-22(25)42)26(33)27(19)37-29(38-28)44-17-30-10-5-12-41(30)13-6-11-30/h3-4,7-8,15,18,42H,1,5-6,9-14,16-17H2,2H3. The second-order valence-corrected chi connectivity index (χ2v) is 11.7. The number of ether oxygens (including phenoxy) is 1. The zero-order valence-corrected chi connectivity index (χ0v) is 24.1. The number of likely N-dealkylation sites (tertiary alicyclic amines) is 1. The van der Waals surface area contributed by atoms with Gasteiger partial charge in [0, 0.05) is 37.1 Å². The molecule has 3 aliphatic heterocycles. The molecule has 6 rings (SSSR count). The Bertz CT molecular complexity index is 1600. The van der Waals surface area contributed by atoms with Crippen LogP contribution in [0, 0.1) is 11.6 Å². The fraction of sp³-hybridized carbons (Fsp3) is 0.452. The number of carbonyl (C=O) groups excluding carboxylic acids is 1. The van der Waals surface area contributed by atoms with Gasteiger partial charge in [0.1, 0.15) is 29.5 Å². The highest BCUT2D eigenvalue weighted by Crippen LogP contribution is 2.46. The van der Waals surface area contributed by atoms with Gasteiger partial charge in [-0.1, -0.05) is 12.6 Å². The number of rotatable bonds is 7. The van der Waals surface area contributed by atoms with Gasteiger partial charge in [-0.25, -0.2) is 8.78 Å². The first kappa shape index (κ1) is 30.0. The van der Waals surface area contributed by atoms with Crippen molar-refractivity contribution in [3.63, 3.8) is 0 Å². The van der Waals surface area contributed by atoms with E-state index < -0.39 is 45.8 Å². The second kappa shape index (κ2) is 11.2. The van der Waals surface area contributed by atoms with Crippen LogP contribution in [-0.2, 0) is 11.0 Å². The lowest BCUT2D eigenvalue weighted by Gasteiger charge is -2.32. The molecule has 4 heterocycles. The van der Waals surface area contributed by atoms with E-state index in [0.717, 1.165) is 57.0 Å². The minimum atomic E-state index is -5.13. The number of benzene rings is 2. The van der Waals surface area contributed by atoms with Crippen LogP contribution in [0.15, 0.2) is 36.9 Å². The summed E-state index contributed by atoms with van der Waals surface area (Å²) >= 11 is 0. The van der Waals surface area contributed by atoms with Crippen molar-refractivity contribution < 1.29 is 36.6 Å². The summed E-state index contributed by atoms with van der Waals surface area (Å²) in [6, 6.07) is 3.03. The van der Waals surface area contributed by atoms with Crippen LogP contribution in [0.25, 0.3) is 22.0 Å². The number of carbonyl (C=O) groups is 1. The van der Waals surface area contributed by atoms with E-state index in [-0.39, 0.29) is 47.9 Å². The van der Waals surface area contributed by atoms with E-state index in [2.05, 4.69) is 21.4 Å². The van der Waals surface area contributed by atoms with Crippen molar-refractivity contribution in [2.75, 3.05) is 44.7 Å². The smallest absolute Gasteiger partial charge is 0.417 e. The normalized spacial score (nSPS) is 19.9. The summed E-state index contributed by atoms with van der Waals surface area (Å²) in [4.78, 5) is 26.5. The zero-order valence-electron chi connectivity index (χ0n) is 24.1. The molecule has 1 N–H and O–H groups in total.